The fraction of sp³-hybridized carbons (Fsp3) is 0.882. The number of amides is 2. The SMILES string of the molecule is CCN(CC(=O)NC(C)C)CC(=O)NC1CCCC(C)C1C. The van der Waals surface area contributed by atoms with Crippen molar-refractivity contribution in [1.29, 1.82) is 0 Å². The van der Waals surface area contributed by atoms with Gasteiger partial charge < -0.3 is 10.6 Å². The van der Waals surface area contributed by atoms with E-state index in [4.69, 9.17) is 0 Å². The molecule has 1 rings (SSSR count). The van der Waals surface area contributed by atoms with Crippen LogP contribution in [0.25, 0.3) is 0 Å². The lowest BCUT2D eigenvalue weighted by atomic mass is 9.78. The Hall–Kier alpha value is -1.10. The van der Waals surface area contributed by atoms with E-state index >= 15 is 0 Å². The molecule has 2 amide bonds. The third kappa shape index (κ3) is 6.34. The van der Waals surface area contributed by atoms with Gasteiger partial charge in [-0.05, 0) is 38.6 Å². The first-order valence-corrected chi connectivity index (χ1v) is 8.64. The molecule has 1 aliphatic rings. The standard InChI is InChI=1S/C17H33N3O2/c1-6-20(10-16(21)18-12(2)3)11-17(22)19-15-9-7-8-13(4)14(15)5/h12-15H,6-11H2,1-5H3,(H,18,21)(H,19,22). The van der Waals surface area contributed by atoms with Crippen molar-refractivity contribution in [3.8, 4) is 0 Å². The van der Waals surface area contributed by atoms with Crippen LogP contribution < -0.4 is 10.6 Å². The number of nitrogens with zero attached hydrogens (tertiary/aromatic N) is 1. The molecule has 1 saturated carbocycles. The molecule has 0 saturated heterocycles. The maximum absolute atomic E-state index is 12.3. The molecule has 0 bridgehead atoms. The number of nitrogens with one attached hydrogen (secondary N) is 2. The molecule has 3 atom stereocenters. The maximum atomic E-state index is 12.3. The van der Waals surface area contributed by atoms with Crippen LogP contribution in [-0.2, 0) is 9.59 Å². The molecule has 0 radical (unpaired) electrons. The van der Waals surface area contributed by atoms with Crippen molar-refractivity contribution < 1.29 is 9.59 Å². The molecule has 3 unspecified atom stereocenters. The van der Waals surface area contributed by atoms with Crippen molar-refractivity contribution in [2.45, 2.75) is 66.0 Å². The minimum Gasteiger partial charge on any atom is -0.353 e. The Balaban J connectivity index is 2.42. The Morgan fingerprint density at radius 1 is 1.14 bits per heavy atom. The van der Waals surface area contributed by atoms with Gasteiger partial charge in [-0.15, -0.1) is 0 Å². The Labute approximate surface area is 135 Å². The first-order chi connectivity index (χ1) is 10.3. The van der Waals surface area contributed by atoms with Gasteiger partial charge >= 0.3 is 0 Å². The summed E-state index contributed by atoms with van der Waals surface area (Å²) in [5.74, 6) is 1.20. The molecule has 5 nitrogen and oxygen atoms in total. The van der Waals surface area contributed by atoms with Crippen molar-refractivity contribution in [2.75, 3.05) is 19.6 Å². The van der Waals surface area contributed by atoms with Gasteiger partial charge in [0.1, 0.15) is 0 Å². The summed E-state index contributed by atoms with van der Waals surface area (Å²) in [6, 6.07) is 0.407. The summed E-state index contributed by atoms with van der Waals surface area (Å²) in [7, 11) is 0. The van der Waals surface area contributed by atoms with E-state index < -0.39 is 0 Å². The molecule has 1 fully saturated rings. The van der Waals surface area contributed by atoms with E-state index in [9.17, 15) is 9.59 Å². The molecular formula is C17H33N3O2. The van der Waals surface area contributed by atoms with E-state index in [1.54, 1.807) is 0 Å². The first-order valence-electron chi connectivity index (χ1n) is 8.64. The largest absolute Gasteiger partial charge is 0.353 e. The number of likely N-dealkylation sites (N-methyl/N-ethyl adjacent to an activating group) is 1. The molecule has 22 heavy (non-hydrogen) atoms. The summed E-state index contributed by atoms with van der Waals surface area (Å²) in [4.78, 5) is 25.9. The summed E-state index contributed by atoms with van der Waals surface area (Å²) in [6.07, 6.45) is 3.51. The normalized spacial score (nSPS) is 25.3. The van der Waals surface area contributed by atoms with Crippen molar-refractivity contribution in [2.24, 2.45) is 11.8 Å². The number of rotatable bonds is 7. The predicted molar refractivity (Wildman–Crippen MR) is 89.5 cm³/mol. The summed E-state index contributed by atoms with van der Waals surface area (Å²) in [6.45, 7) is 11.6. The van der Waals surface area contributed by atoms with E-state index in [-0.39, 0.29) is 30.4 Å². The Morgan fingerprint density at radius 2 is 1.77 bits per heavy atom. The lowest BCUT2D eigenvalue weighted by Gasteiger charge is -2.35. The average molecular weight is 311 g/mol. The number of hydrogen-bond acceptors (Lipinski definition) is 3. The zero-order valence-corrected chi connectivity index (χ0v) is 14.8. The lowest BCUT2D eigenvalue weighted by Crippen LogP contribution is -2.49. The predicted octanol–water partition coefficient (Wildman–Crippen LogP) is 1.77. The topological polar surface area (TPSA) is 61.4 Å². The van der Waals surface area contributed by atoms with Crippen LogP contribution in [0.3, 0.4) is 0 Å². The zero-order chi connectivity index (χ0) is 16.7. The molecule has 1 aliphatic carbocycles. The van der Waals surface area contributed by atoms with Crippen molar-refractivity contribution in [3.05, 3.63) is 0 Å². The van der Waals surface area contributed by atoms with Gasteiger partial charge in [-0.25, -0.2) is 0 Å². The number of hydrogen-bond donors (Lipinski definition) is 2. The van der Waals surface area contributed by atoms with Crippen LogP contribution in [0.2, 0.25) is 0 Å². The molecule has 0 aromatic rings. The van der Waals surface area contributed by atoms with Crippen molar-refractivity contribution in [1.82, 2.24) is 15.5 Å². The second-order valence-corrected chi connectivity index (χ2v) is 6.97. The van der Waals surface area contributed by atoms with Gasteiger partial charge in [0.05, 0.1) is 13.1 Å². The molecule has 0 aromatic heterocycles. The average Bonchev–Trinajstić information content (AvgIpc) is 2.42. The van der Waals surface area contributed by atoms with E-state index in [0.717, 1.165) is 6.42 Å². The molecule has 0 heterocycles. The Bertz CT molecular complexity index is 371. The van der Waals surface area contributed by atoms with Crippen LogP contribution in [0.15, 0.2) is 0 Å². The van der Waals surface area contributed by atoms with E-state index in [0.29, 0.717) is 24.9 Å². The Kier molecular flexibility index (Phi) is 7.87. The fourth-order valence-electron chi connectivity index (χ4n) is 3.09. The van der Waals surface area contributed by atoms with Gasteiger partial charge in [0.25, 0.3) is 0 Å². The van der Waals surface area contributed by atoms with Gasteiger partial charge in [-0.2, -0.15) is 0 Å². The van der Waals surface area contributed by atoms with Crippen LogP contribution in [0.5, 0.6) is 0 Å². The maximum Gasteiger partial charge on any atom is 0.234 e. The minimum absolute atomic E-state index is 0.0238. The third-order valence-corrected chi connectivity index (χ3v) is 4.68. The highest BCUT2D eigenvalue weighted by Gasteiger charge is 2.28. The summed E-state index contributed by atoms with van der Waals surface area (Å²) >= 11 is 0. The van der Waals surface area contributed by atoms with Crippen LogP contribution in [-0.4, -0.2) is 48.4 Å². The molecule has 0 spiro atoms. The zero-order valence-electron chi connectivity index (χ0n) is 14.8. The third-order valence-electron chi connectivity index (χ3n) is 4.68. The highest BCUT2D eigenvalue weighted by Crippen LogP contribution is 2.29. The van der Waals surface area contributed by atoms with Crippen LogP contribution in [0.1, 0.15) is 53.9 Å². The number of carbonyl (C=O) groups excluding carboxylic acids is 2. The smallest absolute Gasteiger partial charge is 0.234 e. The summed E-state index contributed by atoms with van der Waals surface area (Å²) in [5.41, 5.74) is 0. The van der Waals surface area contributed by atoms with E-state index in [1.165, 1.54) is 12.8 Å². The molecule has 2 N–H and O–H groups in total. The van der Waals surface area contributed by atoms with Gasteiger partial charge in [-0.1, -0.05) is 33.6 Å². The minimum atomic E-state index is -0.0238. The van der Waals surface area contributed by atoms with Gasteiger partial charge in [-0.3, -0.25) is 14.5 Å². The quantitative estimate of drug-likeness (QED) is 0.753. The Morgan fingerprint density at radius 3 is 2.36 bits per heavy atom. The molecular weight excluding hydrogens is 278 g/mol. The molecule has 128 valence electrons. The summed E-state index contributed by atoms with van der Waals surface area (Å²) in [5, 5.41) is 6.03. The monoisotopic (exact) mass is 311 g/mol. The second kappa shape index (κ2) is 9.13. The summed E-state index contributed by atoms with van der Waals surface area (Å²) < 4.78 is 0. The van der Waals surface area contributed by atoms with Gasteiger partial charge in [0.15, 0.2) is 0 Å². The highest BCUT2D eigenvalue weighted by atomic mass is 16.2. The molecule has 0 aromatic carbocycles. The molecule has 0 aliphatic heterocycles. The van der Waals surface area contributed by atoms with E-state index in [2.05, 4.69) is 24.5 Å². The van der Waals surface area contributed by atoms with Crippen LogP contribution in [0.4, 0.5) is 0 Å². The van der Waals surface area contributed by atoms with E-state index in [1.807, 2.05) is 25.7 Å². The number of carbonyl (C=O) groups is 2. The van der Waals surface area contributed by atoms with Crippen LogP contribution in [0, 0.1) is 11.8 Å². The lowest BCUT2D eigenvalue weighted by molar-refractivity contribution is -0.126. The van der Waals surface area contributed by atoms with Gasteiger partial charge in [0.2, 0.25) is 11.8 Å². The fourth-order valence-corrected chi connectivity index (χ4v) is 3.09. The second-order valence-electron chi connectivity index (χ2n) is 6.97. The van der Waals surface area contributed by atoms with Crippen molar-refractivity contribution >= 4 is 11.8 Å². The van der Waals surface area contributed by atoms with Crippen LogP contribution >= 0.6 is 0 Å². The highest BCUT2D eigenvalue weighted by molar-refractivity contribution is 5.81. The van der Waals surface area contributed by atoms with Gasteiger partial charge in [0, 0.05) is 12.1 Å². The van der Waals surface area contributed by atoms with Crippen molar-refractivity contribution in [3.63, 3.8) is 0 Å². The first kappa shape index (κ1) is 18.9. The molecule has 5 heteroatoms.